The van der Waals surface area contributed by atoms with Crippen LogP contribution in [0.15, 0.2) is 30.1 Å². The molecule has 0 aliphatic carbocycles. The SMILES string of the molecule is CN1C2=CNCCC2c2cc(F)ccc21. The van der Waals surface area contributed by atoms with E-state index in [9.17, 15) is 4.39 Å². The van der Waals surface area contributed by atoms with Crippen LogP contribution in [0.25, 0.3) is 0 Å². The molecule has 2 aliphatic heterocycles. The molecule has 0 saturated heterocycles. The largest absolute Gasteiger partial charge is 0.389 e. The topological polar surface area (TPSA) is 15.3 Å². The summed E-state index contributed by atoms with van der Waals surface area (Å²) in [4.78, 5) is 2.14. The van der Waals surface area contributed by atoms with Crippen molar-refractivity contribution in [2.24, 2.45) is 0 Å². The second kappa shape index (κ2) is 2.99. The Balaban J connectivity index is 2.17. The van der Waals surface area contributed by atoms with Gasteiger partial charge >= 0.3 is 0 Å². The quantitative estimate of drug-likeness (QED) is 0.697. The molecular weight excluding hydrogens is 191 g/mol. The summed E-state index contributed by atoms with van der Waals surface area (Å²) in [6.07, 6.45) is 3.10. The summed E-state index contributed by atoms with van der Waals surface area (Å²) in [5.41, 5.74) is 3.52. The van der Waals surface area contributed by atoms with Crippen molar-refractivity contribution in [3.05, 3.63) is 41.5 Å². The van der Waals surface area contributed by atoms with Crippen molar-refractivity contribution in [3.8, 4) is 0 Å². The summed E-state index contributed by atoms with van der Waals surface area (Å²) in [6.45, 7) is 0.970. The van der Waals surface area contributed by atoms with Gasteiger partial charge in [-0.25, -0.2) is 4.39 Å². The van der Waals surface area contributed by atoms with Crippen LogP contribution in [0, 0.1) is 5.82 Å². The highest BCUT2D eigenvalue weighted by atomic mass is 19.1. The van der Waals surface area contributed by atoms with Crippen LogP contribution in [0.1, 0.15) is 17.9 Å². The van der Waals surface area contributed by atoms with Crippen molar-refractivity contribution in [3.63, 3.8) is 0 Å². The first-order valence-electron chi connectivity index (χ1n) is 5.24. The van der Waals surface area contributed by atoms with Gasteiger partial charge in [0.25, 0.3) is 0 Å². The fourth-order valence-electron chi connectivity index (χ4n) is 2.55. The summed E-state index contributed by atoms with van der Waals surface area (Å²) in [7, 11) is 2.04. The molecule has 2 aliphatic rings. The molecule has 0 amide bonds. The number of allylic oxidation sites excluding steroid dienone is 1. The highest BCUT2D eigenvalue weighted by Gasteiger charge is 2.32. The molecule has 2 nitrogen and oxygen atoms in total. The normalized spacial score (nSPS) is 22.9. The van der Waals surface area contributed by atoms with Crippen LogP contribution in [0.4, 0.5) is 10.1 Å². The van der Waals surface area contributed by atoms with Crippen LogP contribution in [-0.2, 0) is 0 Å². The molecule has 0 radical (unpaired) electrons. The predicted molar refractivity (Wildman–Crippen MR) is 58.2 cm³/mol. The summed E-state index contributed by atoms with van der Waals surface area (Å²) in [5.74, 6) is 0.240. The maximum absolute atomic E-state index is 13.2. The number of likely N-dealkylation sites (N-methyl/N-ethyl adjacent to an activating group) is 1. The molecule has 1 unspecified atom stereocenters. The maximum atomic E-state index is 13.2. The van der Waals surface area contributed by atoms with Crippen molar-refractivity contribution in [1.82, 2.24) is 5.32 Å². The second-order valence-electron chi connectivity index (χ2n) is 4.13. The zero-order valence-electron chi connectivity index (χ0n) is 8.63. The van der Waals surface area contributed by atoms with Gasteiger partial charge in [0, 0.05) is 37.1 Å². The van der Waals surface area contributed by atoms with Gasteiger partial charge in [-0.1, -0.05) is 0 Å². The molecule has 0 aromatic heterocycles. The number of halogens is 1. The van der Waals surface area contributed by atoms with E-state index in [4.69, 9.17) is 0 Å². The molecule has 1 aromatic carbocycles. The summed E-state index contributed by atoms with van der Waals surface area (Å²) in [6, 6.07) is 5.06. The van der Waals surface area contributed by atoms with E-state index < -0.39 is 0 Å². The van der Waals surface area contributed by atoms with E-state index in [1.54, 1.807) is 6.07 Å². The van der Waals surface area contributed by atoms with Gasteiger partial charge in [-0.3, -0.25) is 0 Å². The van der Waals surface area contributed by atoms with Gasteiger partial charge in [-0.2, -0.15) is 0 Å². The maximum Gasteiger partial charge on any atom is 0.123 e. The number of rotatable bonds is 0. The standard InChI is InChI=1S/C12H13FN2/c1-15-11-3-2-8(13)6-10(11)9-4-5-14-7-12(9)15/h2-3,6-7,9,14H,4-5H2,1H3. The van der Waals surface area contributed by atoms with Crippen LogP contribution in [0.5, 0.6) is 0 Å². The molecule has 3 heteroatoms. The number of nitrogens with zero attached hydrogens (tertiary/aromatic N) is 1. The molecule has 78 valence electrons. The average Bonchev–Trinajstić information content (AvgIpc) is 2.54. The fraction of sp³-hybridized carbons (Fsp3) is 0.333. The van der Waals surface area contributed by atoms with Crippen LogP contribution in [-0.4, -0.2) is 13.6 Å². The Morgan fingerprint density at radius 3 is 3.20 bits per heavy atom. The van der Waals surface area contributed by atoms with Crippen molar-refractivity contribution < 1.29 is 4.39 Å². The van der Waals surface area contributed by atoms with Gasteiger partial charge in [-0.15, -0.1) is 0 Å². The Bertz CT molecular complexity index is 439. The fourth-order valence-corrected chi connectivity index (χ4v) is 2.55. The summed E-state index contributed by atoms with van der Waals surface area (Å²) >= 11 is 0. The summed E-state index contributed by atoms with van der Waals surface area (Å²) < 4.78 is 13.2. The average molecular weight is 204 g/mol. The van der Waals surface area contributed by atoms with Gasteiger partial charge in [0.1, 0.15) is 5.82 Å². The van der Waals surface area contributed by atoms with Crippen LogP contribution in [0.3, 0.4) is 0 Å². The molecule has 1 atom stereocenters. The summed E-state index contributed by atoms with van der Waals surface area (Å²) in [5, 5.41) is 3.24. The number of fused-ring (bicyclic) bond motifs is 3. The Kier molecular flexibility index (Phi) is 1.75. The number of hydrogen-bond acceptors (Lipinski definition) is 2. The first kappa shape index (κ1) is 8.77. The molecule has 0 fully saturated rings. The van der Waals surface area contributed by atoms with E-state index in [2.05, 4.69) is 10.2 Å². The van der Waals surface area contributed by atoms with E-state index in [1.165, 1.54) is 11.8 Å². The van der Waals surface area contributed by atoms with Crippen molar-refractivity contribution in [2.45, 2.75) is 12.3 Å². The minimum absolute atomic E-state index is 0.137. The van der Waals surface area contributed by atoms with Gasteiger partial charge in [0.2, 0.25) is 0 Å². The molecule has 0 spiro atoms. The van der Waals surface area contributed by atoms with Crippen LogP contribution >= 0.6 is 0 Å². The van der Waals surface area contributed by atoms with Gasteiger partial charge in [-0.05, 0) is 30.2 Å². The van der Waals surface area contributed by atoms with Gasteiger partial charge in [0.15, 0.2) is 0 Å². The number of anilines is 1. The van der Waals surface area contributed by atoms with Crippen LogP contribution in [0.2, 0.25) is 0 Å². The van der Waals surface area contributed by atoms with E-state index in [-0.39, 0.29) is 5.82 Å². The van der Waals surface area contributed by atoms with E-state index in [0.717, 1.165) is 24.2 Å². The zero-order valence-corrected chi connectivity index (χ0v) is 8.63. The third-order valence-corrected chi connectivity index (χ3v) is 3.30. The van der Waals surface area contributed by atoms with E-state index in [0.29, 0.717) is 5.92 Å². The van der Waals surface area contributed by atoms with Gasteiger partial charge in [0.05, 0.1) is 0 Å². The zero-order chi connectivity index (χ0) is 10.4. The highest BCUT2D eigenvalue weighted by molar-refractivity contribution is 5.67. The third kappa shape index (κ3) is 1.16. The Morgan fingerprint density at radius 2 is 2.33 bits per heavy atom. The van der Waals surface area contributed by atoms with E-state index in [1.807, 2.05) is 19.3 Å². The Labute approximate surface area is 88.4 Å². The molecule has 1 aromatic rings. The van der Waals surface area contributed by atoms with Crippen molar-refractivity contribution >= 4 is 5.69 Å². The first-order chi connectivity index (χ1) is 7.27. The van der Waals surface area contributed by atoms with Crippen LogP contribution < -0.4 is 10.2 Å². The molecule has 0 bridgehead atoms. The number of hydrogen-bond donors (Lipinski definition) is 1. The second-order valence-corrected chi connectivity index (χ2v) is 4.13. The lowest BCUT2D eigenvalue weighted by Gasteiger charge is -2.22. The number of benzene rings is 1. The molecule has 2 heterocycles. The number of nitrogens with one attached hydrogen (secondary N) is 1. The minimum atomic E-state index is -0.137. The molecule has 15 heavy (non-hydrogen) atoms. The smallest absolute Gasteiger partial charge is 0.123 e. The molecule has 0 saturated carbocycles. The minimum Gasteiger partial charge on any atom is -0.389 e. The highest BCUT2D eigenvalue weighted by Crippen LogP contribution is 2.45. The monoisotopic (exact) mass is 204 g/mol. The van der Waals surface area contributed by atoms with Gasteiger partial charge < -0.3 is 10.2 Å². The first-order valence-corrected chi connectivity index (χ1v) is 5.24. The Hall–Kier alpha value is -1.51. The van der Waals surface area contributed by atoms with Crippen molar-refractivity contribution in [2.75, 3.05) is 18.5 Å². The van der Waals surface area contributed by atoms with Crippen molar-refractivity contribution in [1.29, 1.82) is 0 Å². The lowest BCUT2D eigenvalue weighted by molar-refractivity contribution is 0.611. The third-order valence-electron chi connectivity index (χ3n) is 3.30. The molecular formula is C12H13FN2. The Morgan fingerprint density at radius 1 is 1.47 bits per heavy atom. The van der Waals surface area contributed by atoms with E-state index >= 15 is 0 Å². The lowest BCUT2D eigenvalue weighted by atomic mass is 9.94. The predicted octanol–water partition coefficient (Wildman–Crippen LogP) is 2.19. The lowest BCUT2D eigenvalue weighted by Crippen LogP contribution is -2.24. The molecule has 1 N–H and O–H groups in total. The molecule has 3 rings (SSSR count).